The second kappa shape index (κ2) is 13.0. The number of nitrogens with one attached hydrogen (secondary N) is 2. The van der Waals surface area contributed by atoms with Gasteiger partial charge in [-0.3, -0.25) is 9.78 Å². The van der Waals surface area contributed by atoms with Crippen LogP contribution in [-0.4, -0.2) is 47.4 Å². The first kappa shape index (κ1) is 30.3. The number of thiocarbonyl (C=S) groups is 1. The summed E-state index contributed by atoms with van der Waals surface area (Å²) in [5.41, 5.74) is 9.35. The standard InChI is InChI=1S/C34H40N6O2S/c1-7-38(8-2)25-12-14-26(15-13-25)39-23(4)20-28(24(39)5)33-32(30-11-9-10-18-35-30)37-34(43)40(33)27-16-17-29(22(3)19-27)36-31(41)21-42-6/h9-20,32-33H,7-8,21H2,1-6H3,(H,36,41)(H,37,43). The van der Waals surface area contributed by atoms with Crippen LogP contribution in [0, 0.1) is 20.8 Å². The van der Waals surface area contributed by atoms with Crippen LogP contribution < -0.4 is 20.4 Å². The third-order valence-electron chi connectivity index (χ3n) is 8.16. The van der Waals surface area contributed by atoms with Gasteiger partial charge in [0.15, 0.2) is 5.11 Å². The van der Waals surface area contributed by atoms with Crippen molar-refractivity contribution in [3.63, 3.8) is 0 Å². The maximum absolute atomic E-state index is 12.2. The molecule has 1 aliphatic rings. The van der Waals surface area contributed by atoms with Crippen LogP contribution in [0.4, 0.5) is 17.1 Å². The summed E-state index contributed by atoms with van der Waals surface area (Å²) in [6, 6.07) is 22.7. The monoisotopic (exact) mass is 596 g/mol. The molecule has 2 aromatic heterocycles. The number of pyridine rings is 1. The molecule has 9 heteroatoms. The van der Waals surface area contributed by atoms with Crippen molar-refractivity contribution in [3.8, 4) is 5.69 Å². The molecule has 8 nitrogen and oxygen atoms in total. The highest BCUT2D eigenvalue weighted by atomic mass is 32.1. The lowest BCUT2D eigenvalue weighted by Crippen LogP contribution is -2.29. The number of rotatable bonds is 10. The van der Waals surface area contributed by atoms with Gasteiger partial charge in [-0.05, 0) is 119 Å². The fraction of sp³-hybridized carbons (Fsp3) is 0.324. The quantitative estimate of drug-likeness (QED) is 0.205. The van der Waals surface area contributed by atoms with Crippen molar-refractivity contribution in [2.75, 3.05) is 41.9 Å². The summed E-state index contributed by atoms with van der Waals surface area (Å²) >= 11 is 5.98. The molecule has 5 rings (SSSR count). The summed E-state index contributed by atoms with van der Waals surface area (Å²) in [6.07, 6.45) is 1.82. The van der Waals surface area contributed by atoms with E-state index in [-0.39, 0.29) is 24.6 Å². The van der Waals surface area contributed by atoms with Gasteiger partial charge in [0.2, 0.25) is 5.91 Å². The van der Waals surface area contributed by atoms with E-state index in [1.807, 2.05) is 43.5 Å². The summed E-state index contributed by atoms with van der Waals surface area (Å²) < 4.78 is 7.29. The molecule has 1 saturated heterocycles. The SMILES string of the molecule is CCN(CC)c1ccc(-n2c(C)cc(C3C(c4ccccn4)NC(=S)N3c3ccc(NC(=O)COC)c(C)c3)c2C)cc1. The van der Waals surface area contributed by atoms with E-state index in [9.17, 15) is 4.79 Å². The molecule has 2 N–H and O–H groups in total. The molecule has 224 valence electrons. The summed E-state index contributed by atoms with van der Waals surface area (Å²) in [7, 11) is 1.51. The van der Waals surface area contributed by atoms with Crippen molar-refractivity contribution in [3.05, 3.63) is 101 Å². The Balaban J connectivity index is 1.57. The van der Waals surface area contributed by atoms with Crippen LogP contribution in [0.15, 0.2) is 72.9 Å². The van der Waals surface area contributed by atoms with Crippen LogP contribution in [0.25, 0.3) is 5.69 Å². The molecular weight excluding hydrogens is 556 g/mol. The molecule has 4 aromatic rings. The number of hydrogen-bond donors (Lipinski definition) is 2. The third kappa shape index (κ3) is 6.00. The van der Waals surface area contributed by atoms with Crippen LogP contribution in [0.5, 0.6) is 0 Å². The van der Waals surface area contributed by atoms with Crippen molar-refractivity contribution in [2.45, 2.75) is 46.7 Å². The maximum Gasteiger partial charge on any atom is 0.250 e. The van der Waals surface area contributed by atoms with Gasteiger partial charge in [0.25, 0.3) is 0 Å². The molecule has 2 atom stereocenters. The number of methoxy groups -OCH3 is 1. The number of amides is 1. The number of anilines is 3. The smallest absolute Gasteiger partial charge is 0.250 e. The number of hydrogen-bond acceptors (Lipinski definition) is 5. The first-order valence-electron chi connectivity index (χ1n) is 14.7. The highest BCUT2D eigenvalue weighted by Crippen LogP contribution is 2.44. The minimum absolute atomic E-state index is 0.00294. The van der Waals surface area contributed by atoms with Crippen LogP contribution in [0.3, 0.4) is 0 Å². The first-order valence-corrected chi connectivity index (χ1v) is 15.1. The third-order valence-corrected chi connectivity index (χ3v) is 8.48. The zero-order chi connectivity index (χ0) is 30.7. The summed E-state index contributed by atoms with van der Waals surface area (Å²) in [4.78, 5) is 21.4. The molecule has 0 spiro atoms. The van der Waals surface area contributed by atoms with Gasteiger partial charge in [0.1, 0.15) is 6.61 Å². The number of nitrogens with zero attached hydrogens (tertiary/aromatic N) is 4. The number of benzene rings is 2. The van der Waals surface area contributed by atoms with Crippen LogP contribution >= 0.6 is 12.2 Å². The van der Waals surface area contributed by atoms with Crippen molar-refractivity contribution in [1.82, 2.24) is 14.9 Å². The lowest BCUT2D eigenvalue weighted by molar-refractivity contribution is -0.119. The molecular formula is C34H40N6O2S. The highest BCUT2D eigenvalue weighted by Gasteiger charge is 2.42. The van der Waals surface area contributed by atoms with E-state index >= 15 is 0 Å². The average molecular weight is 597 g/mol. The predicted octanol–water partition coefficient (Wildman–Crippen LogP) is 6.41. The van der Waals surface area contributed by atoms with Crippen LogP contribution in [0.2, 0.25) is 0 Å². The Labute approximate surface area is 259 Å². The Morgan fingerprint density at radius 1 is 1.02 bits per heavy atom. The topological polar surface area (TPSA) is 74.7 Å². The zero-order valence-electron chi connectivity index (χ0n) is 25.7. The van der Waals surface area contributed by atoms with Gasteiger partial charge in [0.05, 0.1) is 17.8 Å². The molecule has 2 unspecified atom stereocenters. The predicted molar refractivity (Wildman–Crippen MR) is 178 cm³/mol. The lowest BCUT2D eigenvalue weighted by atomic mass is 9.96. The Morgan fingerprint density at radius 2 is 1.74 bits per heavy atom. The second-order valence-corrected chi connectivity index (χ2v) is 11.2. The van der Waals surface area contributed by atoms with Crippen molar-refractivity contribution < 1.29 is 9.53 Å². The number of ether oxygens (including phenoxy) is 1. The van der Waals surface area contributed by atoms with Gasteiger partial charge in [-0.2, -0.15) is 0 Å². The van der Waals surface area contributed by atoms with Crippen molar-refractivity contribution >= 4 is 40.3 Å². The van der Waals surface area contributed by atoms with E-state index in [4.69, 9.17) is 21.9 Å². The van der Waals surface area contributed by atoms with E-state index in [0.29, 0.717) is 5.11 Å². The Hall–Kier alpha value is -4.21. The minimum atomic E-state index is -0.192. The van der Waals surface area contributed by atoms with E-state index in [2.05, 4.69) is 89.1 Å². The van der Waals surface area contributed by atoms with Gasteiger partial charge < -0.3 is 29.7 Å². The molecule has 2 aromatic carbocycles. The highest BCUT2D eigenvalue weighted by molar-refractivity contribution is 7.80. The summed E-state index contributed by atoms with van der Waals surface area (Å²) in [6.45, 7) is 12.6. The molecule has 0 aliphatic carbocycles. The van der Waals surface area contributed by atoms with Crippen LogP contribution in [-0.2, 0) is 9.53 Å². The lowest BCUT2D eigenvalue weighted by Gasteiger charge is -2.29. The molecule has 1 fully saturated rings. The summed E-state index contributed by atoms with van der Waals surface area (Å²) in [5, 5.41) is 7.13. The normalized spacial score (nSPS) is 16.3. The zero-order valence-corrected chi connectivity index (χ0v) is 26.5. The van der Waals surface area contributed by atoms with Crippen molar-refractivity contribution in [2.24, 2.45) is 0 Å². The molecule has 1 amide bonds. The number of carbonyl (C=O) groups excluding carboxylic acids is 1. The number of carbonyl (C=O) groups is 1. The molecule has 0 saturated carbocycles. The van der Waals surface area contributed by atoms with Gasteiger partial charge >= 0.3 is 0 Å². The largest absolute Gasteiger partial charge is 0.375 e. The fourth-order valence-corrected chi connectivity index (χ4v) is 6.44. The van der Waals surface area contributed by atoms with Crippen molar-refractivity contribution in [1.29, 1.82) is 0 Å². The van der Waals surface area contributed by atoms with Gasteiger partial charge in [-0.1, -0.05) is 6.07 Å². The Bertz CT molecular complexity index is 1600. The van der Waals surface area contributed by atoms with E-state index < -0.39 is 0 Å². The number of aromatic nitrogens is 2. The molecule has 1 aliphatic heterocycles. The van der Waals surface area contributed by atoms with Gasteiger partial charge in [-0.25, -0.2) is 0 Å². The number of aryl methyl sites for hydroxylation is 2. The molecule has 43 heavy (non-hydrogen) atoms. The molecule has 3 heterocycles. The van der Waals surface area contributed by atoms with Gasteiger partial charge in [0, 0.05) is 60.5 Å². The van der Waals surface area contributed by atoms with Gasteiger partial charge in [-0.15, -0.1) is 0 Å². The minimum Gasteiger partial charge on any atom is -0.375 e. The molecule has 0 bridgehead atoms. The Kier molecular flexibility index (Phi) is 9.13. The van der Waals surface area contributed by atoms with E-state index in [1.165, 1.54) is 18.4 Å². The van der Waals surface area contributed by atoms with E-state index in [1.54, 1.807) is 0 Å². The fourth-order valence-electron chi connectivity index (χ4n) is 6.09. The summed E-state index contributed by atoms with van der Waals surface area (Å²) in [5.74, 6) is -0.192. The first-order chi connectivity index (χ1) is 20.8. The second-order valence-electron chi connectivity index (χ2n) is 10.8. The maximum atomic E-state index is 12.2. The van der Waals surface area contributed by atoms with E-state index in [0.717, 1.165) is 52.8 Å². The molecule has 0 radical (unpaired) electrons. The Morgan fingerprint density at radius 3 is 2.37 bits per heavy atom. The average Bonchev–Trinajstić information content (AvgIpc) is 3.50. The van der Waals surface area contributed by atoms with Crippen LogP contribution in [0.1, 0.15) is 54.1 Å².